The third-order valence-electron chi connectivity index (χ3n) is 3.95. The summed E-state index contributed by atoms with van der Waals surface area (Å²) in [5.74, 6) is -0.0419. The van der Waals surface area contributed by atoms with Crippen molar-refractivity contribution in [2.45, 2.75) is 25.7 Å². The average Bonchev–Trinajstić information content (AvgIpc) is 2.52. The number of aryl methyl sites for hydroxylation is 2. The van der Waals surface area contributed by atoms with Gasteiger partial charge in [-0.1, -0.05) is 59.7 Å². The number of rotatable bonds is 6. The maximum atomic E-state index is 12.9. The minimum absolute atomic E-state index is 0.0812. The van der Waals surface area contributed by atoms with Crippen LogP contribution in [0.5, 0.6) is 0 Å². The Morgan fingerprint density at radius 3 is 1.36 bits per heavy atom. The van der Waals surface area contributed by atoms with Gasteiger partial charge in [0.1, 0.15) is 5.78 Å². The number of carbonyl (C=O) groups is 1. The molecule has 116 valence electrons. The summed E-state index contributed by atoms with van der Waals surface area (Å²) in [6.07, 6.45) is 0. The Labute approximate surface area is 142 Å². The maximum absolute atomic E-state index is 12.9. The molecule has 2 unspecified atom stereocenters. The van der Waals surface area contributed by atoms with Crippen LogP contribution in [0.1, 0.15) is 34.1 Å². The van der Waals surface area contributed by atoms with Gasteiger partial charge in [0.15, 0.2) is 0 Å². The van der Waals surface area contributed by atoms with E-state index in [4.69, 9.17) is 23.2 Å². The lowest BCUT2D eigenvalue weighted by Crippen LogP contribution is -2.23. The van der Waals surface area contributed by atoms with E-state index >= 15 is 0 Å². The molecule has 3 heteroatoms. The van der Waals surface area contributed by atoms with E-state index in [0.717, 1.165) is 22.3 Å². The molecule has 0 radical (unpaired) electrons. The number of benzene rings is 2. The molecule has 2 aromatic rings. The molecule has 0 aliphatic carbocycles. The highest BCUT2D eigenvalue weighted by Crippen LogP contribution is 2.29. The molecule has 0 aromatic heterocycles. The summed E-state index contributed by atoms with van der Waals surface area (Å²) in [4.78, 5) is 12.9. The Balaban J connectivity index is 2.29. The Kier molecular flexibility index (Phi) is 6.05. The first-order valence-electron chi connectivity index (χ1n) is 7.35. The molecule has 2 aromatic carbocycles. The zero-order valence-electron chi connectivity index (χ0n) is 12.9. The number of hydrogen-bond donors (Lipinski definition) is 0. The highest BCUT2D eigenvalue weighted by atomic mass is 35.5. The first-order chi connectivity index (χ1) is 10.6. The lowest BCUT2D eigenvalue weighted by Gasteiger charge is -2.20. The van der Waals surface area contributed by atoms with Gasteiger partial charge in [0.2, 0.25) is 0 Å². The third-order valence-corrected chi connectivity index (χ3v) is 4.57. The fourth-order valence-corrected chi connectivity index (χ4v) is 3.16. The van der Waals surface area contributed by atoms with Crippen LogP contribution in [0.2, 0.25) is 0 Å². The van der Waals surface area contributed by atoms with E-state index < -0.39 is 0 Å². The normalized spacial score (nSPS) is 13.6. The van der Waals surface area contributed by atoms with Crippen molar-refractivity contribution in [2.24, 2.45) is 0 Å². The molecule has 22 heavy (non-hydrogen) atoms. The molecule has 0 saturated carbocycles. The van der Waals surface area contributed by atoms with Crippen molar-refractivity contribution in [2.75, 3.05) is 11.8 Å². The van der Waals surface area contributed by atoms with Crippen molar-refractivity contribution in [3.05, 3.63) is 70.8 Å². The predicted octanol–water partition coefficient (Wildman–Crippen LogP) is 5.22. The van der Waals surface area contributed by atoms with E-state index in [9.17, 15) is 4.79 Å². The van der Waals surface area contributed by atoms with Crippen LogP contribution < -0.4 is 0 Å². The van der Waals surface area contributed by atoms with E-state index in [-0.39, 0.29) is 29.4 Å². The van der Waals surface area contributed by atoms with Crippen LogP contribution in [0.25, 0.3) is 0 Å². The van der Waals surface area contributed by atoms with E-state index in [1.54, 1.807) is 0 Å². The van der Waals surface area contributed by atoms with E-state index in [1.165, 1.54) is 0 Å². The topological polar surface area (TPSA) is 17.1 Å². The minimum atomic E-state index is -0.327. The second-order valence-corrected chi connectivity index (χ2v) is 6.25. The lowest BCUT2D eigenvalue weighted by atomic mass is 9.85. The molecule has 2 atom stereocenters. The molecule has 1 nitrogen and oxygen atoms in total. The molecule has 0 N–H and O–H groups in total. The lowest BCUT2D eigenvalue weighted by molar-refractivity contribution is -0.121. The molecule has 0 heterocycles. The Morgan fingerprint density at radius 2 is 1.09 bits per heavy atom. The first-order valence-corrected chi connectivity index (χ1v) is 8.42. The second kappa shape index (κ2) is 7.80. The van der Waals surface area contributed by atoms with Crippen LogP contribution in [-0.4, -0.2) is 17.5 Å². The second-order valence-electron chi connectivity index (χ2n) is 5.64. The molecular weight excluding hydrogens is 315 g/mol. The molecule has 0 bridgehead atoms. The Bertz CT molecular complexity index is 561. The van der Waals surface area contributed by atoms with Crippen LogP contribution in [0.15, 0.2) is 48.5 Å². The van der Waals surface area contributed by atoms with Crippen LogP contribution in [-0.2, 0) is 4.79 Å². The van der Waals surface area contributed by atoms with Crippen molar-refractivity contribution < 1.29 is 4.79 Å². The number of Topliss-reactive ketones (excluding diaryl/α,β-unsaturated/α-hetero) is 1. The largest absolute Gasteiger partial charge is 0.298 e. The average molecular weight is 335 g/mol. The van der Waals surface area contributed by atoms with Crippen LogP contribution >= 0.6 is 23.2 Å². The number of carbonyl (C=O) groups excluding carboxylic acids is 1. The van der Waals surface area contributed by atoms with Gasteiger partial charge in [0.25, 0.3) is 0 Å². The zero-order valence-corrected chi connectivity index (χ0v) is 14.4. The van der Waals surface area contributed by atoms with Crippen LogP contribution in [0, 0.1) is 13.8 Å². The number of hydrogen-bond acceptors (Lipinski definition) is 1. The maximum Gasteiger partial charge on any atom is 0.150 e. The SMILES string of the molecule is Cc1ccc(C(CCl)C(=O)C(CCl)c2ccc(C)cc2)cc1. The van der Waals surface area contributed by atoms with Crippen LogP contribution in [0.3, 0.4) is 0 Å². The Morgan fingerprint density at radius 1 is 0.773 bits per heavy atom. The summed E-state index contributed by atoms with van der Waals surface area (Å²) in [5, 5.41) is 0. The van der Waals surface area contributed by atoms with Crippen molar-refractivity contribution in [1.29, 1.82) is 0 Å². The van der Waals surface area contributed by atoms with Gasteiger partial charge >= 0.3 is 0 Å². The molecule has 0 aliphatic heterocycles. The van der Waals surface area contributed by atoms with Gasteiger partial charge in [0, 0.05) is 11.8 Å². The summed E-state index contributed by atoms with van der Waals surface area (Å²) < 4.78 is 0. The number of ketones is 1. The highest BCUT2D eigenvalue weighted by Gasteiger charge is 2.28. The molecular formula is C19H20Cl2O. The van der Waals surface area contributed by atoms with Gasteiger partial charge in [-0.25, -0.2) is 0 Å². The zero-order chi connectivity index (χ0) is 16.1. The number of halogens is 2. The summed E-state index contributed by atoms with van der Waals surface area (Å²) in [5.41, 5.74) is 4.23. The smallest absolute Gasteiger partial charge is 0.150 e. The molecule has 0 saturated heterocycles. The van der Waals surface area contributed by atoms with Gasteiger partial charge < -0.3 is 0 Å². The van der Waals surface area contributed by atoms with Crippen molar-refractivity contribution >= 4 is 29.0 Å². The van der Waals surface area contributed by atoms with E-state index in [2.05, 4.69) is 0 Å². The van der Waals surface area contributed by atoms with E-state index in [1.807, 2.05) is 62.4 Å². The minimum Gasteiger partial charge on any atom is -0.298 e. The standard InChI is InChI=1S/C19H20Cl2O/c1-13-3-7-15(8-4-13)17(11-20)19(22)18(12-21)16-9-5-14(2)6-10-16/h3-10,17-18H,11-12H2,1-2H3. The fourth-order valence-electron chi connectivity index (χ4n) is 2.50. The van der Waals surface area contributed by atoms with Gasteiger partial charge in [0.05, 0.1) is 11.8 Å². The van der Waals surface area contributed by atoms with Crippen LogP contribution in [0.4, 0.5) is 0 Å². The van der Waals surface area contributed by atoms with Gasteiger partial charge in [-0.2, -0.15) is 0 Å². The molecule has 0 aliphatic rings. The summed E-state index contributed by atoms with van der Waals surface area (Å²) in [7, 11) is 0. The predicted molar refractivity (Wildman–Crippen MR) is 94.3 cm³/mol. The van der Waals surface area contributed by atoms with Gasteiger partial charge in [-0.05, 0) is 25.0 Å². The monoisotopic (exact) mass is 334 g/mol. The van der Waals surface area contributed by atoms with E-state index in [0.29, 0.717) is 0 Å². The molecule has 0 amide bonds. The summed E-state index contributed by atoms with van der Waals surface area (Å²) >= 11 is 12.2. The first kappa shape index (κ1) is 17.1. The highest BCUT2D eigenvalue weighted by molar-refractivity contribution is 6.22. The molecule has 0 fully saturated rings. The van der Waals surface area contributed by atoms with Gasteiger partial charge in [-0.15, -0.1) is 23.2 Å². The van der Waals surface area contributed by atoms with Crippen molar-refractivity contribution in [3.8, 4) is 0 Å². The van der Waals surface area contributed by atoms with Gasteiger partial charge in [-0.3, -0.25) is 4.79 Å². The molecule has 2 rings (SSSR count). The molecule has 0 spiro atoms. The summed E-state index contributed by atoms with van der Waals surface area (Å²) in [6.45, 7) is 4.05. The Hall–Kier alpha value is -1.31. The van der Waals surface area contributed by atoms with Crippen molar-refractivity contribution in [1.82, 2.24) is 0 Å². The quantitative estimate of drug-likeness (QED) is 0.662. The fraction of sp³-hybridized carbons (Fsp3) is 0.316. The van der Waals surface area contributed by atoms with Crippen molar-refractivity contribution in [3.63, 3.8) is 0 Å². The number of alkyl halides is 2. The summed E-state index contributed by atoms with van der Waals surface area (Å²) in [6, 6.07) is 15.9. The third kappa shape index (κ3) is 3.91.